The maximum absolute atomic E-state index is 13.4. The molecule has 162 valence electrons. The molecule has 0 atom stereocenters. The molecule has 0 aliphatic rings. The molecule has 7 nitrogen and oxygen atoms in total. The molecule has 0 fully saturated rings. The highest BCUT2D eigenvalue weighted by Gasteiger charge is 2.20. The standard InChI is InChI=1S/C25H23N3O4/c1-3-32-21-8-5-20(6-9-21)28(25(30)17-10-12-26-13-11-17)16-19-14-18-4-7-22(31-2)15-23(18)27-24(19)29/h4-15H,3,16H2,1-2H3,(H,27,29). The van der Waals surface area contributed by atoms with Crippen molar-refractivity contribution in [2.75, 3.05) is 18.6 Å². The number of aromatic amines is 1. The minimum atomic E-state index is -0.260. The van der Waals surface area contributed by atoms with Crippen molar-refractivity contribution in [3.8, 4) is 11.5 Å². The number of rotatable bonds is 7. The van der Waals surface area contributed by atoms with Crippen molar-refractivity contribution in [2.45, 2.75) is 13.5 Å². The van der Waals surface area contributed by atoms with E-state index in [1.54, 1.807) is 48.7 Å². The van der Waals surface area contributed by atoms with Gasteiger partial charge in [-0.1, -0.05) is 0 Å². The van der Waals surface area contributed by atoms with Crippen LogP contribution < -0.4 is 19.9 Å². The fourth-order valence-electron chi connectivity index (χ4n) is 3.46. The quantitative estimate of drug-likeness (QED) is 0.476. The zero-order chi connectivity index (χ0) is 22.5. The van der Waals surface area contributed by atoms with Crippen LogP contribution in [0.15, 0.2) is 77.9 Å². The average molecular weight is 429 g/mol. The number of hydrogen-bond acceptors (Lipinski definition) is 5. The number of benzene rings is 2. The molecule has 1 amide bonds. The SMILES string of the molecule is CCOc1ccc(N(Cc2cc3ccc(OC)cc3[nH]c2=O)C(=O)c2ccncc2)cc1. The highest BCUT2D eigenvalue weighted by molar-refractivity contribution is 6.06. The molecule has 0 radical (unpaired) electrons. The molecule has 2 heterocycles. The molecule has 0 spiro atoms. The van der Waals surface area contributed by atoms with Gasteiger partial charge in [-0.25, -0.2) is 0 Å². The van der Waals surface area contributed by atoms with E-state index in [1.165, 1.54) is 0 Å². The number of carbonyl (C=O) groups excluding carboxylic acids is 1. The Bertz CT molecular complexity index is 1280. The molecule has 0 bridgehead atoms. The Hall–Kier alpha value is -4.13. The van der Waals surface area contributed by atoms with Crippen LogP contribution in [0, 0.1) is 0 Å². The number of fused-ring (bicyclic) bond motifs is 1. The number of H-pyrrole nitrogens is 1. The third-order valence-corrected chi connectivity index (χ3v) is 5.09. The summed E-state index contributed by atoms with van der Waals surface area (Å²) in [4.78, 5) is 34.6. The number of amides is 1. The summed E-state index contributed by atoms with van der Waals surface area (Å²) in [5.41, 5.74) is 2.02. The number of pyridine rings is 2. The van der Waals surface area contributed by atoms with Gasteiger partial charge in [-0.2, -0.15) is 0 Å². The molecule has 0 unspecified atom stereocenters. The zero-order valence-electron chi connectivity index (χ0n) is 17.9. The maximum Gasteiger partial charge on any atom is 0.258 e. The van der Waals surface area contributed by atoms with E-state index in [0.29, 0.717) is 40.4 Å². The Morgan fingerprint density at radius 3 is 2.41 bits per heavy atom. The van der Waals surface area contributed by atoms with Gasteiger partial charge in [-0.3, -0.25) is 14.6 Å². The van der Waals surface area contributed by atoms with Gasteiger partial charge in [0.05, 0.1) is 25.8 Å². The van der Waals surface area contributed by atoms with Gasteiger partial charge in [-0.05, 0) is 66.9 Å². The Balaban J connectivity index is 1.74. The summed E-state index contributed by atoms with van der Waals surface area (Å²) < 4.78 is 10.7. The lowest BCUT2D eigenvalue weighted by atomic mass is 10.1. The molecule has 0 saturated carbocycles. The summed E-state index contributed by atoms with van der Waals surface area (Å²) in [5, 5.41) is 0.850. The van der Waals surface area contributed by atoms with Crippen molar-refractivity contribution < 1.29 is 14.3 Å². The molecule has 0 aliphatic carbocycles. The topological polar surface area (TPSA) is 84.5 Å². The summed E-state index contributed by atoms with van der Waals surface area (Å²) in [7, 11) is 1.58. The third kappa shape index (κ3) is 4.46. The van der Waals surface area contributed by atoms with Crippen LogP contribution in [0.25, 0.3) is 10.9 Å². The van der Waals surface area contributed by atoms with E-state index in [0.717, 1.165) is 5.39 Å². The van der Waals surface area contributed by atoms with Gasteiger partial charge < -0.3 is 19.4 Å². The van der Waals surface area contributed by atoms with E-state index in [4.69, 9.17) is 9.47 Å². The van der Waals surface area contributed by atoms with Crippen molar-refractivity contribution >= 4 is 22.5 Å². The second-order valence-electron chi connectivity index (χ2n) is 7.13. The van der Waals surface area contributed by atoms with Gasteiger partial charge in [-0.15, -0.1) is 0 Å². The minimum absolute atomic E-state index is 0.104. The number of methoxy groups -OCH3 is 1. The maximum atomic E-state index is 13.4. The fourth-order valence-corrected chi connectivity index (χ4v) is 3.46. The van der Waals surface area contributed by atoms with Gasteiger partial charge in [0.2, 0.25) is 0 Å². The Kier molecular flexibility index (Phi) is 6.17. The summed E-state index contributed by atoms with van der Waals surface area (Å²) in [5.74, 6) is 1.14. The molecule has 0 saturated heterocycles. The van der Waals surface area contributed by atoms with Crippen LogP contribution in [0.4, 0.5) is 5.69 Å². The lowest BCUT2D eigenvalue weighted by molar-refractivity contribution is 0.0985. The Labute approximate surface area is 185 Å². The average Bonchev–Trinajstić information content (AvgIpc) is 2.83. The molecule has 4 rings (SSSR count). The van der Waals surface area contributed by atoms with E-state index >= 15 is 0 Å². The van der Waals surface area contributed by atoms with Crippen LogP contribution in [0.3, 0.4) is 0 Å². The number of carbonyl (C=O) groups is 1. The number of ether oxygens (including phenoxy) is 2. The molecule has 1 N–H and O–H groups in total. The van der Waals surface area contributed by atoms with Gasteiger partial charge in [0.15, 0.2) is 0 Å². The Morgan fingerprint density at radius 2 is 1.72 bits per heavy atom. The third-order valence-electron chi connectivity index (χ3n) is 5.09. The van der Waals surface area contributed by atoms with E-state index in [1.807, 2.05) is 43.3 Å². The largest absolute Gasteiger partial charge is 0.497 e. The lowest BCUT2D eigenvalue weighted by Crippen LogP contribution is -2.32. The zero-order valence-corrected chi connectivity index (χ0v) is 17.9. The van der Waals surface area contributed by atoms with E-state index in [-0.39, 0.29) is 18.0 Å². The van der Waals surface area contributed by atoms with Gasteiger partial charge in [0, 0.05) is 35.3 Å². The van der Waals surface area contributed by atoms with Crippen LogP contribution in [0.5, 0.6) is 11.5 Å². The van der Waals surface area contributed by atoms with Crippen molar-refractivity contribution in [1.29, 1.82) is 0 Å². The number of aromatic nitrogens is 2. The van der Waals surface area contributed by atoms with Crippen LogP contribution in [-0.2, 0) is 6.54 Å². The van der Waals surface area contributed by atoms with Crippen molar-refractivity contribution in [1.82, 2.24) is 9.97 Å². The minimum Gasteiger partial charge on any atom is -0.497 e. The lowest BCUT2D eigenvalue weighted by Gasteiger charge is -2.23. The second-order valence-corrected chi connectivity index (χ2v) is 7.13. The molecule has 32 heavy (non-hydrogen) atoms. The fraction of sp³-hybridized carbons (Fsp3) is 0.160. The number of nitrogens with zero attached hydrogens (tertiary/aromatic N) is 2. The molecule has 2 aromatic heterocycles. The highest BCUT2D eigenvalue weighted by Crippen LogP contribution is 2.24. The molecule has 4 aromatic rings. The van der Waals surface area contributed by atoms with Crippen LogP contribution in [-0.4, -0.2) is 29.6 Å². The Morgan fingerprint density at radius 1 is 1.00 bits per heavy atom. The first-order valence-corrected chi connectivity index (χ1v) is 10.2. The van der Waals surface area contributed by atoms with Gasteiger partial charge >= 0.3 is 0 Å². The predicted molar refractivity (Wildman–Crippen MR) is 123 cm³/mol. The first kappa shape index (κ1) is 21.1. The number of anilines is 1. The van der Waals surface area contributed by atoms with Crippen LogP contribution in [0.1, 0.15) is 22.8 Å². The van der Waals surface area contributed by atoms with Gasteiger partial charge in [0.25, 0.3) is 11.5 Å². The normalized spacial score (nSPS) is 10.7. The first-order chi connectivity index (χ1) is 15.6. The van der Waals surface area contributed by atoms with Crippen LogP contribution in [0.2, 0.25) is 0 Å². The molecular formula is C25H23N3O4. The summed E-state index contributed by atoms with van der Waals surface area (Å²) >= 11 is 0. The van der Waals surface area contributed by atoms with E-state index < -0.39 is 0 Å². The van der Waals surface area contributed by atoms with Crippen molar-refractivity contribution in [3.05, 3.63) is 94.5 Å². The predicted octanol–water partition coefficient (Wildman–Crippen LogP) is 4.18. The van der Waals surface area contributed by atoms with E-state index in [9.17, 15) is 9.59 Å². The molecule has 7 heteroatoms. The van der Waals surface area contributed by atoms with Gasteiger partial charge in [0.1, 0.15) is 11.5 Å². The summed E-state index contributed by atoms with van der Waals surface area (Å²) in [6.07, 6.45) is 3.14. The van der Waals surface area contributed by atoms with Crippen LogP contribution >= 0.6 is 0 Å². The van der Waals surface area contributed by atoms with Crippen molar-refractivity contribution in [3.63, 3.8) is 0 Å². The first-order valence-electron chi connectivity index (χ1n) is 10.2. The number of hydrogen-bond donors (Lipinski definition) is 1. The monoisotopic (exact) mass is 429 g/mol. The number of nitrogens with one attached hydrogen (secondary N) is 1. The van der Waals surface area contributed by atoms with Crippen molar-refractivity contribution in [2.24, 2.45) is 0 Å². The highest BCUT2D eigenvalue weighted by atomic mass is 16.5. The smallest absolute Gasteiger partial charge is 0.258 e. The summed E-state index contributed by atoms with van der Waals surface area (Å²) in [6, 6.07) is 17.8. The second kappa shape index (κ2) is 9.34. The molecule has 0 aliphatic heterocycles. The summed E-state index contributed by atoms with van der Waals surface area (Å²) in [6.45, 7) is 2.57. The molecular weight excluding hydrogens is 406 g/mol. The van der Waals surface area contributed by atoms with E-state index in [2.05, 4.69) is 9.97 Å². The molecule has 2 aromatic carbocycles.